The molecule has 0 saturated carbocycles. The molecule has 1 aliphatic carbocycles. The normalized spacial score (nSPS) is 13.3. The van der Waals surface area contributed by atoms with Crippen molar-refractivity contribution in [1.82, 2.24) is 0 Å². The number of carboxylic acid groups (broad SMARTS) is 1. The molecule has 1 aromatic carbocycles. The Bertz CT molecular complexity index is 508. The Hall–Kier alpha value is -1.84. The van der Waals surface area contributed by atoms with E-state index in [0.29, 0.717) is 6.42 Å². The van der Waals surface area contributed by atoms with Gasteiger partial charge in [0.15, 0.2) is 0 Å². The van der Waals surface area contributed by atoms with Crippen LogP contribution in [0.15, 0.2) is 18.2 Å². The Morgan fingerprint density at radius 2 is 1.92 bits per heavy atom. The second kappa shape index (κ2) is 11.7. The van der Waals surface area contributed by atoms with Crippen LogP contribution in [0.25, 0.3) is 0 Å². The van der Waals surface area contributed by atoms with E-state index in [1.165, 1.54) is 37.7 Å². The molecule has 0 spiro atoms. The lowest BCUT2D eigenvalue weighted by molar-refractivity contribution is -0.107. The van der Waals surface area contributed by atoms with E-state index in [9.17, 15) is 9.59 Å². The van der Waals surface area contributed by atoms with Crippen molar-refractivity contribution in [2.24, 2.45) is 5.92 Å². The summed E-state index contributed by atoms with van der Waals surface area (Å²) in [5.41, 5.74) is 4.51. The highest BCUT2D eigenvalue weighted by atomic mass is 16.7. The quantitative estimate of drug-likeness (QED) is 0.351. The Morgan fingerprint density at radius 3 is 2.50 bits per heavy atom. The molecule has 0 amide bonds. The topological polar surface area (TPSA) is 63.6 Å². The number of fused-ring (bicyclic) bond motifs is 1. The number of aldehydes is 1. The fourth-order valence-corrected chi connectivity index (χ4v) is 2.75. The summed E-state index contributed by atoms with van der Waals surface area (Å²) in [5, 5.41) is 7.94. The zero-order valence-corrected chi connectivity index (χ0v) is 14.9. The van der Waals surface area contributed by atoms with Gasteiger partial charge in [0.05, 0.1) is 6.61 Å². The highest BCUT2D eigenvalue weighted by molar-refractivity contribution is 5.56. The first-order valence-corrected chi connectivity index (χ1v) is 8.93. The van der Waals surface area contributed by atoms with Gasteiger partial charge in [0.25, 0.3) is 0 Å². The number of hydrogen-bond donors (Lipinski definition) is 1. The molecule has 0 unspecified atom stereocenters. The number of carbonyl (C=O) groups is 2. The van der Waals surface area contributed by atoms with Crippen LogP contribution in [0.1, 0.15) is 62.6 Å². The molecule has 0 radical (unpaired) electrons. The average molecular weight is 334 g/mol. The van der Waals surface area contributed by atoms with Crippen LogP contribution in [0.4, 0.5) is 4.79 Å². The van der Waals surface area contributed by atoms with Gasteiger partial charge in [-0.2, -0.15) is 0 Å². The van der Waals surface area contributed by atoms with Crippen LogP contribution in [0.5, 0.6) is 0 Å². The second-order valence-electron chi connectivity index (χ2n) is 6.69. The van der Waals surface area contributed by atoms with Crippen LogP contribution in [0.2, 0.25) is 0 Å². The van der Waals surface area contributed by atoms with Crippen molar-refractivity contribution < 1.29 is 19.4 Å². The Balaban J connectivity index is 0.000000307. The molecule has 0 bridgehead atoms. The first-order valence-electron chi connectivity index (χ1n) is 8.93. The average Bonchev–Trinajstić information content (AvgIpc) is 2.78. The minimum Gasteiger partial charge on any atom is -0.450 e. The molecule has 0 heterocycles. The van der Waals surface area contributed by atoms with Crippen molar-refractivity contribution in [3.63, 3.8) is 0 Å². The van der Waals surface area contributed by atoms with E-state index in [2.05, 4.69) is 22.9 Å². The lowest BCUT2D eigenvalue weighted by atomic mass is 9.98. The Kier molecular flexibility index (Phi) is 9.81. The van der Waals surface area contributed by atoms with Gasteiger partial charge < -0.3 is 14.6 Å². The van der Waals surface area contributed by atoms with Crippen LogP contribution in [0.3, 0.4) is 0 Å². The maximum atomic E-state index is 10.3. The van der Waals surface area contributed by atoms with E-state index < -0.39 is 6.16 Å². The zero-order chi connectivity index (χ0) is 17.8. The molecule has 134 valence electrons. The predicted molar refractivity (Wildman–Crippen MR) is 95.5 cm³/mol. The molecule has 1 aromatic rings. The number of rotatable bonds is 6. The summed E-state index contributed by atoms with van der Waals surface area (Å²) in [7, 11) is 0. The SMILES string of the molecule is CC(C)COC(=O)O.O=CCCCc1ccc2c(c1)CCCCC2. The van der Waals surface area contributed by atoms with E-state index in [0.717, 1.165) is 19.1 Å². The highest BCUT2D eigenvalue weighted by Gasteiger charge is 2.08. The van der Waals surface area contributed by atoms with E-state index in [1.807, 2.05) is 13.8 Å². The number of carbonyl (C=O) groups excluding carboxylic acids is 1. The predicted octanol–water partition coefficient (Wildman–Crippen LogP) is 4.81. The van der Waals surface area contributed by atoms with Gasteiger partial charge in [0.2, 0.25) is 0 Å². The van der Waals surface area contributed by atoms with E-state index in [1.54, 1.807) is 11.1 Å². The summed E-state index contributed by atoms with van der Waals surface area (Å²) in [4.78, 5) is 20.0. The molecule has 0 fully saturated rings. The second-order valence-corrected chi connectivity index (χ2v) is 6.69. The van der Waals surface area contributed by atoms with Crippen LogP contribution >= 0.6 is 0 Å². The lowest BCUT2D eigenvalue weighted by Gasteiger charge is -2.08. The molecular formula is C20H30O4. The van der Waals surface area contributed by atoms with Crippen molar-refractivity contribution in [2.45, 2.75) is 65.2 Å². The molecule has 24 heavy (non-hydrogen) atoms. The lowest BCUT2D eigenvalue weighted by Crippen LogP contribution is -2.06. The smallest absolute Gasteiger partial charge is 0.450 e. The van der Waals surface area contributed by atoms with Crippen LogP contribution in [-0.2, 0) is 28.8 Å². The molecule has 1 N–H and O–H groups in total. The molecule has 1 aliphatic rings. The van der Waals surface area contributed by atoms with Crippen LogP contribution in [0, 0.1) is 5.92 Å². The number of benzene rings is 1. The van der Waals surface area contributed by atoms with Gasteiger partial charge in [0.1, 0.15) is 6.29 Å². The van der Waals surface area contributed by atoms with Gasteiger partial charge in [0, 0.05) is 6.42 Å². The number of ether oxygens (including phenoxy) is 1. The monoisotopic (exact) mass is 334 g/mol. The third kappa shape index (κ3) is 8.70. The van der Waals surface area contributed by atoms with Gasteiger partial charge in [-0.15, -0.1) is 0 Å². The molecule has 0 aromatic heterocycles. The molecule has 2 rings (SSSR count). The van der Waals surface area contributed by atoms with Gasteiger partial charge in [-0.1, -0.05) is 38.5 Å². The fraction of sp³-hybridized carbons (Fsp3) is 0.600. The van der Waals surface area contributed by atoms with E-state index >= 15 is 0 Å². The summed E-state index contributed by atoms with van der Waals surface area (Å²) in [6, 6.07) is 6.91. The molecule has 4 heteroatoms. The van der Waals surface area contributed by atoms with Gasteiger partial charge in [-0.05, 0) is 61.1 Å². The van der Waals surface area contributed by atoms with E-state index in [4.69, 9.17) is 5.11 Å². The summed E-state index contributed by atoms with van der Waals surface area (Å²) < 4.78 is 4.22. The molecule has 0 aliphatic heterocycles. The third-order valence-electron chi connectivity index (χ3n) is 3.99. The maximum absolute atomic E-state index is 10.3. The standard InChI is InChI=1S/C15H20O.C5H10O3/c16-11-5-4-6-13-9-10-14-7-2-1-3-8-15(14)12-13;1-4(2)3-8-5(6)7/h9-12H,1-8H2;4H,3H2,1-2H3,(H,6,7). The number of aryl methyl sites for hydroxylation is 3. The minimum atomic E-state index is -1.20. The molecular weight excluding hydrogens is 304 g/mol. The summed E-state index contributed by atoms with van der Waals surface area (Å²) in [6.07, 6.45) is 9.10. The van der Waals surface area contributed by atoms with Gasteiger partial charge >= 0.3 is 6.16 Å². The van der Waals surface area contributed by atoms with Gasteiger partial charge in [-0.25, -0.2) is 4.79 Å². The molecule has 0 saturated heterocycles. The molecule has 4 nitrogen and oxygen atoms in total. The Labute approximate surface area is 145 Å². The molecule has 0 atom stereocenters. The van der Waals surface area contributed by atoms with Crippen molar-refractivity contribution in [2.75, 3.05) is 6.61 Å². The van der Waals surface area contributed by atoms with E-state index in [-0.39, 0.29) is 12.5 Å². The minimum absolute atomic E-state index is 0.283. The first-order chi connectivity index (χ1) is 11.5. The van der Waals surface area contributed by atoms with Crippen molar-refractivity contribution in [3.8, 4) is 0 Å². The van der Waals surface area contributed by atoms with Gasteiger partial charge in [-0.3, -0.25) is 0 Å². The van der Waals surface area contributed by atoms with Crippen molar-refractivity contribution in [1.29, 1.82) is 0 Å². The maximum Gasteiger partial charge on any atom is 0.505 e. The fourth-order valence-electron chi connectivity index (χ4n) is 2.75. The summed E-state index contributed by atoms with van der Waals surface area (Å²) in [6.45, 7) is 4.07. The van der Waals surface area contributed by atoms with Crippen molar-refractivity contribution in [3.05, 3.63) is 34.9 Å². The zero-order valence-electron chi connectivity index (χ0n) is 14.9. The Morgan fingerprint density at radius 1 is 1.21 bits per heavy atom. The number of hydrogen-bond acceptors (Lipinski definition) is 3. The summed E-state index contributed by atoms with van der Waals surface area (Å²) in [5.74, 6) is 0.283. The van der Waals surface area contributed by atoms with Crippen LogP contribution in [-0.4, -0.2) is 24.2 Å². The largest absolute Gasteiger partial charge is 0.505 e. The number of unbranched alkanes of at least 4 members (excludes halogenated alkanes) is 1. The van der Waals surface area contributed by atoms with Crippen LogP contribution < -0.4 is 0 Å². The summed E-state index contributed by atoms with van der Waals surface area (Å²) >= 11 is 0. The first kappa shape index (κ1) is 20.2. The van der Waals surface area contributed by atoms with Crippen molar-refractivity contribution >= 4 is 12.4 Å². The highest BCUT2D eigenvalue weighted by Crippen LogP contribution is 2.22. The third-order valence-corrected chi connectivity index (χ3v) is 3.99.